The molecule has 6 heteroatoms. The Hall–Kier alpha value is -2.89. The number of hydrogen-bond donors (Lipinski definition) is 1. The highest BCUT2D eigenvalue weighted by Gasteiger charge is 2.29. The van der Waals surface area contributed by atoms with Gasteiger partial charge in [-0.05, 0) is 44.0 Å². The summed E-state index contributed by atoms with van der Waals surface area (Å²) in [7, 11) is 0. The highest BCUT2D eigenvalue weighted by atomic mass is 16.3. The van der Waals surface area contributed by atoms with Crippen molar-refractivity contribution in [1.82, 2.24) is 4.90 Å². The van der Waals surface area contributed by atoms with Gasteiger partial charge in [-0.2, -0.15) is 0 Å². The second kappa shape index (κ2) is 7.34. The van der Waals surface area contributed by atoms with Gasteiger partial charge in [0.15, 0.2) is 11.5 Å². The Bertz CT molecular complexity index is 782. The van der Waals surface area contributed by atoms with Crippen LogP contribution in [-0.2, 0) is 4.79 Å². The van der Waals surface area contributed by atoms with Gasteiger partial charge in [0.1, 0.15) is 0 Å². The first-order valence-electron chi connectivity index (χ1n) is 8.29. The molecular formula is C19H20N2O4. The predicted octanol–water partition coefficient (Wildman–Crippen LogP) is 2.97. The Morgan fingerprint density at radius 1 is 1.20 bits per heavy atom. The number of hydrogen-bond acceptors (Lipinski definition) is 4. The number of piperidine rings is 1. The van der Waals surface area contributed by atoms with E-state index in [1.54, 1.807) is 41.3 Å². The van der Waals surface area contributed by atoms with Gasteiger partial charge < -0.3 is 14.6 Å². The molecule has 0 saturated carbocycles. The third-order valence-electron chi connectivity index (χ3n) is 4.35. The van der Waals surface area contributed by atoms with Crippen LogP contribution in [0.1, 0.15) is 40.7 Å². The summed E-state index contributed by atoms with van der Waals surface area (Å²) in [4.78, 5) is 38.0. The average molecular weight is 340 g/mol. The second-order valence-corrected chi connectivity index (χ2v) is 6.19. The highest BCUT2D eigenvalue weighted by molar-refractivity contribution is 5.98. The molecular weight excluding hydrogens is 320 g/mol. The lowest BCUT2D eigenvalue weighted by Crippen LogP contribution is -2.43. The molecule has 1 saturated heterocycles. The van der Waals surface area contributed by atoms with Crippen LogP contribution in [0.4, 0.5) is 5.69 Å². The van der Waals surface area contributed by atoms with Crippen LogP contribution in [0.3, 0.4) is 0 Å². The molecule has 2 heterocycles. The van der Waals surface area contributed by atoms with Crippen molar-refractivity contribution < 1.29 is 18.8 Å². The fourth-order valence-corrected chi connectivity index (χ4v) is 2.99. The van der Waals surface area contributed by atoms with Crippen molar-refractivity contribution in [3.63, 3.8) is 0 Å². The number of Topliss-reactive ketones (excluding diaryl/α,β-unsaturated/α-hetero) is 1. The van der Waals surface area contributed by atoms with Crippen molar-refractivity contribution >= 4 is 23.3 Å². The fourth-order valence-electron chi connectivity index (χ4n) is 2.99. The number of nitrogens with zero attached hydrogens (tertiary/aromatic N) is 1. The molecule has 1 fully saturated rings. The van der Waals surface area contributed by atoms with Crippen molar-refractivity contribution in [2.45, 2.75) is 19.8 Å². The van der Waals surface area contributed by atoms with Gasteiger partial charge in [0, 0.05) is 24.3 Å². The van der Waals surface area contributed by atoms with Crippen molar-refractivity contribution in [2.75, 3.05) is 18.4 Å². The van der Waals surface area contributed by atoms with Gasteiger partial charge >= 0.3 is 0 Å². The molecule has 1 aromatic carbocycles. The molecule has 130 valence electrons. The second-order valence-electron chi connectivity index (χ2n) is 6.19. The molecule has 1 aromatic heterocycles. The van der Waals surface area contributed by atoms with E-state index in [1.165, 1.54) is 13.2 Å². The minimum atomic E-state index is -0.284. The Morgan fingerprint density at radius 3 is 2.76 bits per heavy atom. The van der Waals surface area contributed by atoms with E-state index in [2.05, 4.69) is 5.32 Å². The van der Waals surface area contributed by atoms with E-state index in [0.29, 0.717) is 24.3 Å². The van der Waals surface area contributed by atoms with E-state index in [9.17, 15) is 14.4 Å². The quantitative estimate of drug-likeness (QED) is 0.868. The van der Waals surface area contributed by atoms with Gasteiger partial charge in [0.25, 0.3) is 5.91 Å². The minimum absolute atomic E-state index is 0.0519. The number of nitrogens with one attached hydrogen (secondary N) is 1. The van der Waals surface area contributed by atoms with Crippen molar-refractivity contribution in [3.05, 3.63) is 54.0 Å². The molecule has 3 rings (SSSR count). The van der Waals surface area contributed by atoms with Crippen LogP contribution in [-0.4, -0.2) is 35.6 Å². The van der Waals surface area contributed by atoms with Crippen molar-refractivity contribution in [1.29, 1.82) is 0 Å². The van der Waals surface area contributed by atoms with Crippen LogP contribution < -0.4 is 5.32 Å². The van der Waals surface area contributed by atoms with Crippen molar-refractivity contribution in [2.24, 2.45) is 5.92 Å². The lowest BCUT2D eigenvalue weighted by atomic mass is 9.96. The van der Waals surface area contributed by atoms with Gasteiger partial charge in [-0.15, -0.1) is 0 Å². The minimum Gasteiger partial charge on any atom is -0.459 e. The molecule has 0 spiro atoms. The van der Waals surface area contributed by atoms with E-state index in [0.717, 1.165) is 12.8 Å². The molecule has 1 aliphatic heterocycles. The molecule has 0 bridgehead atoms. The van der Waals surface area contributed by atoms with Gasteiger partial charge in [-0.3, -0.25) is 14.4 Å². The molecule has 1 atom stereocenters. The molecule has 1 N–H and O–H groups in total. The van der Waals surface area contributed by atoms with E-state index in [1.807, 2.05) is 0 Å². The van der Waals surface area contributed by atoms with Crippen molar-refractivity contribution in [3.8, 4) is 0 Å². The number of benzene rings is 1. The summed E-state index contributed by atoms with van der Waals surface area (Å²) < 4.78 is 5.15. The first-order chi connectivity index (χ1) is 12.0. The Kier molecular flexibility index (Phi) is 4.97. The summed E-state index contributed by atoms with van der Waals surface area (Å²) >= 11 is 0. The van der Waals surface area contributed by atoms with Gasteiger partial charge in [0.2, 0.25) is 5.91 Å². The fraction of sp³-hybridized carbons (Fsp3) is 0.316. The molecule has 0 unspecified atom stereocenters. The molecule has 2 amide bonds. The maximum atomic E-state index is 12.5. The molecule has 2 aromatic rings. The number of amides is 2. The van der Waals surface area contributed by atoms with Gasteiger partial charge in [-0.25, -0.2) is 0 Å². The first-order valence-corrected chi connectivity index (χ1v) is 8.29. The zero-order chi connectivity index (χ0) is 17.8. The van der Waals surface area contributed by atoms with Crippen LogP contribution in [0.2, 0.25) is 0 Å². The van der Waals surface area contributed by atoms with Crippen LogP contribution >= 0.6 is 0 Å². The SMILES string of the molecule is CC(=O)c1cccc(NC(=O)[C@H]2CCCN(C(=O)c3ccco3)C2)c1. The van der Waals surface area contributed by atoms with Crippen LogP contribution in [0.25, 0.3) is 0 Å². The molecule has 0 aliphatic carbocycles. The molecule has 6 nitrogen and oxygen atoms in total. The number of carbonyl (C=O) groups is 3. The van der Waals surface area contributed by atoms with Gasteiger partial charge in [-0.1, -0.05) is 12.1 Å². The van der Waals surface area contributed by atoms with E-state index in [-0.39, 0.29) is 29.3 Å². The maximum Gasteiger partial charge on any atom is 0.289 e. The Balaban J connectivity index is 1.65. The largest absolute Gasteiger partial charge is 0.459 e. The van der Waals surface area contributed by atoms with Crippen LogP contribution in [0, 0.1) is 5.92 Å². The summed E-state index contributed by atoms with van der Waals surface area (Å²) in [6, 6.07) is 10.2. The lowest BCUT2D eigenvalue weighted by molar-refractivity contribution is -0.121. The normalized spacial score (nSPS) is 17.2. The zero-order valence-electron chi connectivity index (χ0n) is 14.0. The standard InChI is InChI=1S/C19H20N2O4/c1-13(22)14-5-2-7-16(11-14)20-18(23)15-6-3-9-21(12-15)19(24)17-8-4-10-25-17/h2,4-5,7-8,10-11,15H,3,6,9,12H2,1H3,(H,20,23)/t15-/m0/s1. The summed E-state index contributed by atoms with van der Waals surface area (Å²) in [6.07, 6.45) is 2.95. The number of rotatable bonds is 4. The van der Waals surface area contributed by atoms with Gasteiger partial charge in [0.05, 0.1) is 12.2 Å². The number of carbonyl (C=O) groups excluding carboxylic acids is 3. The number of anilines is 1. The van der Waals surface area contributed by atoms with E-state index in [4.69, 9.17) is 4.42 Å². The number of ketones is 1. The summed E-state index contributed by atoms with van der Waals surface area (Å²) in [6.45, 7) is 2.46. The average Bonchev–Trinajstić information content (AvgIpc) is 3.16. The van der Waals surface area contributed by atoms with Crippen LogP contribution in [0.5, 0.6) is 0 Å². The Labute approximate surface area is 145 Å². The predicted molar refractivity (Wildman–Crippen MR) is 92.4 cm³/mol. The molecule has 25 heavy (non-hydrogen) atoms. The topological polar surface area (TPSA) is 79.6 Å². The highest BCUT2D eigenvalue weighted by Crippen LogP contribution is 2.21. The van der Waals surface area contributed by atoms with E-state index < -0.39 is 0 Å². The first kappa shape index (κ1) is 17.0. The third kappa shape index (κ3) is 3.96. The third-order valence-corrected chi connectivity index (χ3v) is 4.35. The number of likely N-dealkylation sites (tertiary alicyclic amines) is 1. The summed E-state index contributed by atoms with van der Waals surface area (Å²) in [5.74, 6) is -0.383. The lowest BCUT2D eigenvalue weighted by Gasteiger charge is -2.31. The summed E-state index contributed by atoms with van der Waals surface area (Å²) in [5, 5.41) is 2.85. The molecule has 0 radical (unpaired) electrons. The molecule has 1 aliphatic rings. The number of furan rings is 1. The zero-order valence-corrected chi connectivity index (χ0v) is 14.0. The maximum absolute atomic E-state index is 12.5. The Morgan fingerprint density at radius 2 is 2.04 bits per heavy atom. The monoisotopic (exact) mass is 340 g/mol. The summed E-state index contributed by atoms with van der Waals surface area (Å²) in [5.41, 5.74) is 1.14. The van der Waals surface area contributed by atoms with Crippen LogP contribution in [0.15, 0.2) is 47.1 Å². The smallest absolute Gasteiger partial charge is 0.289 e. The van der Waals surface area contributed by atoms with E-state index >= 15 is 0 Å².